The molecule has 0 aliphatic heterocycles. The van der Waals surface area contributed by atoms with E-state index in [1.807, 2.05) is 24.5 Å². The maximum Gasteiger partial charge on any atom is 0.161 e. The third kappa shape index (κ3) is 1.34. The Balaban J connectivity index is 2.26. The van der Waals surface area contributed by atoms with Crippen molar-refractivity contribution < 1.29 is 0 Å². The Morgan fingerprint density at radius 3 is 2.77 bits per heavy atom. The number of rotatable bonds is 0. The van der Waals surface area contributed by atoms with E-state index in [1.165, 1.54) is 21.7 Å². The molecule has 0 spiro atoms. The van der Waals surface area contributed by atoms with Crippen molar-refractivity contribution in [1.82, 2.24) is 14.0 Å². The van der Waals surface area contributed by atoms with Crippen molar-refractivity contribution in [3.8, 4) is 0 Å². The number of aromatic nitrogens is 3. The van der Waals surface area contributed by atoms with E-state index in [4.69, 9.17) is 11.6 Å². The molecule has 3 aromatic heterocycles. The number of hydrogen-bond acceptors (Lipinski definition) is 1. The monoisotopic (exact) mass is 305 g/mol. The molecule has 22 heavy (non-hydrogen) atoms. The predicted octanol–water partition coefficient (Wildman–Crippen LogP) is 4.79. The molecule has 0 radical (unpaired) electrons. The molecular weight excluding hydrogens is 294 g/mol. The number of fused-ring (bicyclic) bond motifs is 8. The molecule has 3 nitrogen and oxygen atoms in total. The van der Waals surface area contributed by atoms with E-state index >= 15 is 0 Å². The van der Waals surface area contributed by atoms with Crippen LogP contribution >= 0.6 is 11.6 Å². The molecule has 106 valence electrons. The third-order valence-electron chi connectivity index (χ3n) is 4.45. The molecule has 0 amide bonds. The molecule has 5 aromatic rings. The van der Waals surface area contributed by atoms with Gasteiger partial charge in [-0.1, -0.05) is 29.8 Å². The lowest BCUT2D eigenvalue weighted by atomic mass is 10.1. The van der Waals surface area contributed by atoms with Gasteiger partial charge in [0.25, 0.3) is 0 Å². The van der Waals surface area contributed by atoms with E-state index in [0.717, 1.165) is 21.7 Å². The fraction of sp³-hybridized carbons (Fsp3) is 0.0556. The van der Waals surface area contributed by atoms with Crippen molar-refractivity contribution >= 4 is 50.0 Å². The second kappa shape index (κ2) is 4.02. The van der Waals surface area contributed by atoms with Crippen LogP contribution in [0.25, 0.3) is 38.4 Å². The molecule has 0 fully saturated rings. The van der Waals surface area contributed by atoms with Crippen molar-refractivity contribution in [2.45, 2.75) is 0 Å². The van der Waals surface area contributed by atoms with Gasteiger partial charge in [0.1, 0.15) is 0 Å². The summed E-state index contributed by atoms with van der Waals surface area (Å²) in [5, 5.41) is 4.36. The van der Waals surface area contributed by atoms with Crippen molar-refractivity contribution in [2.75, 3.05) is 0 Å². The van der Waals surface area contributed by atoms with Gasteiger partial charge in [0, 0.05) is 46.1 Å². The number of nitrogens with zero attached hydrogens (tertiary/aromatic N) is 3. The number of aryl methyl sites for hydroxylation is 1. The first-order chi connectivity index (χ1) is 10.8. The number of benzene rings is 2. The molecule has 0 unspecified atom stereocenters. The highest BCUT2D eigenvalue weighted by Gasteiger charge is 2.16. The second-order valence-electron chi connectivity index (χ2n) is 5.58. The van der Waals surface area contributed by atoms with Crippen molar-refractivity contribution in [3.05, 3.63) is 59.9 Å². The standard InChI is InChI=1S/C18H12ClN3/c1-21-14-7-6-11(19)10-13(14)16-12-4-2-3-5-15(12)22-9-8-20-18(22)17(16)21/h2-10H,1H3. The van der Waals surface area contributed by atoms with Crippen LogP contribution in [0, 0.1) is 0 Å². The fourth-order valence-electron chi connectivity index (χ4n) is 3.52. The van der Waals surface area contributed by atoms with Gasteiger partial charge < -0.3 is 4.57 Å². The minimum absolute atomic E-state index is 0.757. The minimum Gasteiger partial charge on any atom is -0.341 e. The first-order valence-corrected chi connectivity index (χ1v) is 7.55. The molecule has 0 aliphatic rings. The van der Waals surface area contributed by atoms with E-state index in [2.05, 4.69) is 51.3 Å². The minimum atomic E-state index is 0.757. The van der Waals surface area contributed by atoms with Crippen LogP contribution in [0.2, 0.25) is 5.02 Å². The normalized spacial score (nSPS) is 12.1. The average Bonchev–Trinajstić information content (AvgIpc) is 3.11. The molecule has 4 heteroatoms. The summed E-state index contributed by atoms with van der Waals surface area (Å²) >= 11 is 6.25. The van der Waals surface area contributed by atoms with Gasteiger partial charge in [0.2, 0.25) is 0 Å². The van der Waals surface area contributed by atoms with Crippen LogP contribution in [0.3, 0.4) is 0 Å². The van der Waals surface area contributed by atoms with Crippen LogP contribution in [-0.2, 0) is 7.05 Å². The maximum absolute atomic E-state index is 6.25. The number of pyridine rings is 1. The van der Waals surface area contributed by atoms with Gasteiger partial charge in [-0.2, -0.15) is 0 Å². The number of imidazole rings is 1. The molecule has 0 saturated carbocycles. The number of hydrogen-bond donors (Lipinski definition) is 0. The molecular formula is C18H12ClN3. The topological polar surface area (TPSA) is 22.2 Å². The maximum atomic E-state index is 6.25. The van der Waals surface area contributed by atoms with Crippen LogP contribution in [0.1, 0.15) is 0 Å². The lowest BCUT2D eigenvalue weighted by Crippen LogP contribution is -1.93. The Labute approximate surface area is 131 Å². The summed E-state index contributed by atoms with van der Waals surface area (Å²) in [7, 11) is 2.09. The quantitative estimate of drug-likeness (QED) is 0.403. The van der Waals surface area contributed by atoms with Gasteiger partial charge >= 0.3 is 0 Å². The molecule has 0 atom stereocenters. The van der Waals surface area contributed by atoms with Crippen molar-refractivity contribution in [1.29, 1.82) is 0 Å². The molecule has 0 N–H and O–H groups in total. The molecule has 2 aromatic carbocycles. The van der Waals surface area contributed by atoms with E-state index in [9.17, 15) is 0 Å². The summed E-state index contributed by atoms with van der Waals surface area (Å²) in [6.07, 6.45) is 3.87. The van der Waals surface area contributed by atoms with Crippen molar-refractivity contribution in [3.63, 3.8) is 0 Å². The molecule has 0 aliphatic carbocycles. The van der Waals surface area contributed by atoms with Gasteiger partial charge in [-0.15, -0.1) is 0 Å². The van der Waals surface area contributed by atoms with Gasteiger partial charge in [-0.3, -0.25) is 4.40 Å². The zero-order valence-corrected chi connectivity index (χ0v) is 12.7. The summed E-state index contributed by atoms with van der Waals surface area (Å²) in [5.41, 5.74) is 4.44. The lowest BCUT2D eigenvalue weighted by molar-refractivity contribution is 1.01. The largest absolute Gasteiger partial charge is 0.341 e. The van der Waals surface area contributed by atoms with Gasteiger partial charge in [-0.25, -0.2) is 4.98 Å². The second-order valence-corrected chi connectivity index (χ2v) is 6.02. The predicted molar refractivity (Wildman–Crippen MR) is 91.7 cm³/mol. The Bertz CT molecular complexity index is 1200. The first kappa shape index (κ1) is 12.1. The summed E-state index contributed by atoms with van der Waals surface area (Å²) in [6, 6.07) is 14.5. The van der Waals surface area contributed by atoms with E-state index in [1.54, 1.807) is 0 Å². The zero-order chi connectivity index (χ0) is 14.8. The molecule has 0 bridgehead atoms. The highest BCUT2D eigenvalue weighted by Crippen LogP contribution is 2.37. The third-order valence-corrected chi connectivity index (χ3v) is 4.68. The van der Waals surface area contributed by atoms with Crippen LogP contribution < -0.4 is 0 Å². The molecule has 5 rings (SSSR count). The zero-order valence-electron chi connectivity index (χ0n) is 11.9. The summed E-state index contributed by atoms with van der Waals surface area (Å²) < 4.78 is 4.36. The number of para-hydroxylation sites is 1. The van der Waals surface area contributed by atoms with Crippen LogP contribution in [-0.4, -0.2) is 14.0 Å². The summed E-state index contributed by atoms with van der Waals surface area (Å²) in [5.74, 6) is 0. The molecule has 3 heterocycles. The SMILES string of the molecule is Cn1c2ccc(Cl)cc2c2c3ccccc3n3ccnc3c21. The van der Waals surface area contributed by atoms with Gasteiger partial charge in [-0.05, 0) is 24.3 Å². The van der Waals surface area contributed by atoms with E-state index < -0.39 is 0 Å². The summed E-state index contributed by atoms with van der Waals surface area (Å²) in [4.78, 5) is 4.58. The van der Waals surface area contributed by atoms with Crippen LogP contribution in [0.4, 0.5) is 0 Å². The summed E-state index contributed by atoms with van der Waals surface area (Å²) in [6.45, 7) is 0. The Morgan fingerprint density at radius 2 is 1.86 bits per heavy atom. The van der Waals surface area contributed by atoms with E-state index in [-0.39, 0.29) is 0 Å². The van der Waals surface area contributed by atoms with Gasteiger partial charge in [0.15, 0.2) is 5.65 Å². The Kier molecular flexibility index (Phi) is 2.20. The fourth-order valence-corrected chi connectivity index (χ4v) is 3.69. The first-order valence-electron chi connectivity index (χ1n) is 7.17. The Morgan fingerprint density at radius 1 is 1.00 bits per heavy atom. The van der Waals surface area contributed by atoms with E-state index in [0.29, 0.717) is 0 Å². The van der Waals surface area contributed by atoms with Gasteiger partial charge in [0.05, 0.1) is 11.0 Å². The van der Waals surface area contributed by atoms with Crippen LogP contribution in [0.15, 0.2) is 54.9 Å². The Hall–Kier alpha value is -2.52. The number of halogens is 1. The highest BCUT2D eigenvalue weighted by molar-refractivity contribution is 6.32. The van der Waals surface area contributed by atoms with Crippen LogP contribution in [0.5, 0.6) is 0 Å². The lowest BCUT2D eigenvalue weighted by Gasteiger charge is -2.06. The highest BCUT2D eigenvalue weighted by atomic mass is 35.5. The average molecular weight is 306 g/mol. The van der Waals surface area contributed by atoms with Crippen molar-refractivity contribution in [2.24, 2.45) is 7.05 Å². The smallest absolute Gasteiger partial charge is 0.161 e. The molecule has 0 saturated heterocycles.